The molecule has 2 aromatic heterocycles. The molecule has 1 amide bonds. The first-order chi connectivity index (χ1) is 18.4. The number of thiazole rings is 1. The molecule has 0 saturated heterocycles. The smallest absolute Gasteiger partial charge is 0.271 e. The molecule has 0 fully saturated rings. The Balaban J connectivity index is 1.79. The first-order valence-corrected chi connectivity index (χ1v) is 13.3. The van der Waals surface area contributed by atoms with E-state index >= 15 is 0 Å². The van der Waals surface area contributed by atoms with Gasteiger partial charge < -0.3 is 19.4 Å². The van der Waals surface area contributed by atoms with Crippen LogP contribution in [-0.2, 0) is 4.79 Å². The molecular weight excluding hydrogens is 500 g/mol. The summed E-state index contributed by atoms with van der Waals surface area (Å²) in [5, 5.41) is 1.03. The second kappa shape index (κ2) is 10.3. The third-order valence-electron chi connectivity index (χ3n) is 6.94. The Morgan fingerprint density at radius 2 is 1.92 bits per heavy atom. The molecule has 0 unspecified atom stereocenters. The number of benzene rings is 2. The van der Waals surface area contributed by atoms with Crippen molar-refractivity contribution in [3.8, 4) is 11.5 Å². The Bertz CT molecular complexity index is 1740. The summed E-state index contributed by atoms with van der Waals surface area (Å²) >= 11 is 1.31. The minimum Gasteiger partial charge on any atom is -0.497 e. The Morgan fingerprint density at radius 3 is 2.63 bits per heavy atom. The predicted molar refractivity (Wildman–Crippen MR) is 150 cm³/mol. The van der Waals surface area contributed by atoms with Crippen molar-refractivity contribution in [2.24, 2.45) is 4.99 Å². The first kappa shape index (κ1) is 25.5. The number of likely N-dealkylation sites (N-methyl/N-ethyl adjacent to an activating group) is 1. The van der Waals surface area contributed by atoms with E-state index in [4.69, 9.17) is 14.5 Å². The normalized spacial score (nSPS) is 15.4. The van der Waals surface area contributed by atoms with Crippen LogP contribution in [0.3, 0.4) is 0 Å². The van der Waals surface area contributed by atoms with Crippen LogP contribution in [0, 0.1) is 0 Å². The third kappa shape index (κ3) is 4.22. The van der Waals surface area contributed by atoms with Crippen LogP contribution >= 0.6 is 11.3 Å². The molecule has 1 atom stereocenters. The lowest BCUT2D eigenvalue weighted by atomic mass is 9.93. The highest BCUT2D eigenvalue weighted by Crippen LogP contribution is 2.38. The average molecular weight is 531 g/mol. The van der Waals surface area contributed by atoms with Crippen molar-refractivity contribution < 1.29 is 14.3 Å². The van der Waals surface area contributed by atoms with E-state index in [2.05, 4.69) is 4.98 Å². The van der Waals surface area contributed by atoms with E-state index in [1.807, 2.05) is 63.4 Å². The molecule has 5 rings (SSSR count). The molecule has 1 N–H and O–H groups in total. The second-order valence-corrected chi connectivity index (χ2v) is 9.97. The zero-order chi connectivity index (χ0) is 27.0. The maximum absolute atomic E-state index is 14.0. The molecule has 8 nitrogen and oxygen atoms in total. The van der Waals surface area contributed by atoms with Crippen LogP contribution in [0.4, 0.5) is 0 Å². The molecular formula is C29H30N4O4S. The summed E-state index contributed by atoms with van der Waals surface area (Å²) < 4.78 is 13.4. The third-order valence-corrected chi connectivity index (χ3v) is 7.92. The fourth-order valence-electron chi connectivity index (χ4n) is 4.98. The topological polar surface area (TPSA) is 88.9 Å². The lowest BCUT2D eigenvalue weighted by Crippen LogP contribution is -2.43. The van der Waals surface area contributed by atoms with Gasteiger partial charge in [0.05, 0.1) is 30.0 Å². The van der Waals surface area contributed by atoms with E-state index in [0.29, 0.717) is 50.8 Å². The number of hydrogen-bond donors (Lipinski definition) is 1. The summed E-state index contributed by atoms with van der Waals surface area (Å²) in [7, 11) is 3.16. The van der Waals surface area contributed by atoms with Crippen molar-refractivity contribution in [1.82, 2.24) is 14.5 Å². The first-order valence-electron chi connectivity index (χ1n) is 12.5. The van der Waals surface area contributed by atoms with Gasteiger partial charge in [-0.1, -0.05) is 29.5 Å². The zero-order valence-electron chi connectivity index (χ0n) is 22.1. The number of carbonyl (C=O) groups excluding carboxylic acids is 1. The summed E-state index contributed by atoms with van der Waals surface area (Å²) in [6.07, 6.45) is 3.78. The number of aromatic nitrogens is 2. The molecule has 0 radical (unpaired) electrons. The lowest BCUT2D eigenvalue weighted by molar-refractivity contribution is -0.127. The molecule has 4 aromatic rings. The summed E-state index contributed by atoms with van der Waals surface area (Å²) in [6.45, 7) is 6.79. The van der Waals surface area contributed by atoms with Gasteiger partial charge in [-0.2, -0.15) is 0 Å². The molecule has 0 saturated carbocycles. The number of nitrogens with zero attached hydrogens (tertiary/aromatic N) is 3. The molecule has 0 aliphatic carbocycles. The van der Waals surface area contributed by atoms with E-state index < -0.39 is 6.04 Å². The fourth-order valence-corrected chi connectivity index (χ4v) is 6.02. The largest absolute Gasteiger partial charge is 0.497 e. The van der Waals surface area contributed by atoms with Crippen LogP contribution in [0.25, 0.3) is 17.0 Å². The van der Waals surface area contributed by atoms with Crippen LogP contribution < -0.4 is 24.4 Å². The summed E-state index contributed by atoms with van der Waals surface area (Å²) in [5.74, 6) is 1.00. The van der Waals surface area contributed by atoms with E-state index in [1.54, 1.807) is 35.8 Å². The number of methoxy groups -OCH3 is 2. The number of para-hydroxylation sites is 1. The van der Waals surface area contributed by atoms with Gasteiger partial charge in [0.15, 0.2) is 4.80 Å². The molecule has 1 aliphatic heterocycles. The van der Waals surface area contributed by atoms with Gasteiger partial charge in [-0.15, -0.1) is 0 Å². The number of fused-ring (bicyclic) bond motifs is 2. The number of nitrogens with one attached hydrogen (secondary N) is 1. The summed E-state index contributed by atoms with van der Waals surface area (Å²) in [5.41, 5.74) is 3.38. The maximum Gasteiger partial charge on any atom is 0.271 e. The highest BCUT2D eigenvalue weighted by Gasteiger charge is 2.36. The molecule has 0 bridgehead atoms. The standard InChI is InChI=1S/C29H30N4O4S/c1-6-32(7-2)28(35)25-17(3)31-29-33(26(25)21-15-19(36-4)12-13-23(21)37-5)27(34)24(38-29)14-18-16-30-22-11-9-8-10-20(18)22/h8-16,26,30H,6-7H2,1-5H3/b24-14+/t26-/m0/s1. The van der Waals surface area contributed by atoms with Crippen molar-refractivity contribution in [1.29, 1.82) is 0 Å². The van der Waals surface area contributed by atoms with Gasteiger partial charge in [-0.3, -0.25) is 14.2 Å². The van der Waals surface area contributed by atoms with Gasteiger partial charge in [-0.25, -0.2) is 4.99 Å². The number of carbonyl (C=O) groups is 1. The van der Waals surface area contributed by atoms with Crippen LogP contribution in [0.1, 0.15) is 37.9 Å². The lowest BCUT2D eigenvalue weighted by Gasteiger charge is -2.30. The van der Waals surface area contributed by atoms with Crippen LogP contribution in [0.5, 0.6) is 11.5 Å². The SMILES string of the molecule is CCN(CC)C(=O)C1=C(C)N=c2s/c(=C/c3c[nH]c4ccccc34)c(=O)n2[C@H]1c1cc(OC)ccc1OC. The highest BCUT2D eigenvalue weighted by atomic mass is 32.1. The van der Waals surface area contributed by atoms with Gasteiger partial charge in [0.2, 0.25) is 0 Å². The van der Waals surface area contributed by atoms with Gasteiger partial charge in [0.1, 0.15) is 17.5 Å². The van der Waals surface area contributed by atoms with Gasteiger partial charge >= 0.3 is 0 Å². The van der Waals surface area contributed by atoms with Crippen LogP contribution in [0.2, 0.25) is 0 Å². The Kier molecular flexibility index (Phi) is 6.94. The Labute approximate surface area is 224 Å². The fraction of sp³-hybridized carbons (Fsp3) is 0.276. The maximum atomic E-state index is 14.0. The molecule has 3 heterocycles. The van der Waals surface area contributed by atoms with E-state index in [0.717, 1.165) is 16.5 Å². The van der Waals surface area contributed by atoms with Crippen molar-refractivity contribution in [2.45, 2.75) is 26.8 Å². The van der Waals surface area contributed by atoms with Gasteiger partial charge in [-0.05, 0) is 51.1 Å². The van der Waals surface area contributed by atoms with Crippen molar-refractivity contribution in [3.05, 3.63) is 90.7 Å². The Morgan fingerprint density at radius 1 is 1.16 bits per heavy atom. The van der Waals surface area contributed by atoms with Crippen LogP contribution in [-0.4, -0.2) is 47.7 Å². The molecule has 0 spiro atoms. The number of allylic oxidation sites excluding steroid dienone is 1. The number of amides is 1. The summed E-state index contributed by atoms with van der Waals surface area (Å²) in [6, 6.07) is 12.6. The van der Waals surface area contributed by atoms with E-state index in [1.165, 1.54) is 11.3 Å². The minimum atomic E-state index is -0.727. The number of ether oxygens (including phenoxy) is 2. The molecule has 9 heteroatoms. The van der Waals surface area contributed by atoms with Crippen molar-refractivity contribution >= 4 is 34.2 Å². The number of rotatable bonds is 7. The molecule has 2 aromatic carbocycles. The molecule has 1 aliphatic rings. The number of hydrogen-bond acceptors (Lipinski definition) is 6. The molecule has 38 heavy (non-hydrogen) atoms. The summed E-state index contributed by atoms with van der Waals surface area (Å²) in [4.78, 5) is 38.2. The van der Waals surface area contributed by atoms with Gasteiger partial charge in [0.25, 0.3) is 11.5 Å². The molecule has 196 valence electrons. The van der Waals surface area contributed by atoms with Crippen molar-refractivity contribution in [3.63, 3.8) is 0 Å². The van der Waals surface area contributed by atoms with Crippen LogP contribution in [0.15, 0.2) is 69.7 Å². The number of aromatic amines is 1. The average Bonchev–Trinajstić information content (AvgIpc) is 3.48. The number of H-pyrrole nitrogens is 1. The second-order valence-electron chi connectivity index (χ2n) is 8.96. The van der Waals surface area contributed by atoms with Crippen molar-refractivity contribution in [2.75, 3.05) is 27.3 Å². The van der Waals surface area contributed by atoms with E-state index in [-0.39, 0.29) is 11.5 Å². The predicted octanol–water partition coefficient (Wildman–Crippen LogP) is 3.60. The monoisotopic (exact) mass is 530 g/mol. The quantitative estimate of drug-likeness (QED) is 0.396. The van der Waals surface area contributed by atoms with E-state index in [9.17, 15) is 9.59 Å². The minimum absolute atomic E-state index is 0.156. The highest BCUT2D eigenvalue weighted by molar-refractivity contribution is 7.07. The Hall–Kier alpha value is -4.11. The van der Waals surface area contributed by atoms with Gasteiger partial charge in [0, 0.05) is 41.3 Å². The zero-order valence-corrected chi connectivity index (χ0v) is 22.9.